The Balaban J connectivity index is 1.95. The van der Waals surface area contributed by atoms with Crippen LogP contribution in [0.15, 0.2) is 23.2 Å². The first-order valence-corrected chi connectivity index (χ1v) is 10.0. The summed E-state index contributed by atoms with van der Waals surface area (Å²) in [7, 11) is 1.39. The largest absolute Gasteiger partial charge is 0.493 e. The molecule has 0 aromatic heterocycles. The van der Waals surface area contributed by atoms with Crippen molar-refractivity contribution in [3.8, 4) is 11.5 Å². The van der Waals surface area contributed by atoms with Gasteiger partial charge in [0.15, 0.2) is 24.1 Å². The number of ether oxygens (including phenoxy) is 3. The molecule has 0 aliphatic carbocycles. The fraction of sp³-hybridized carbons (Fsp3) is 0.650. The standard InChI is InChI=1S/C20H31F3N4O3/c1-4-24-19(25-12-15(2)27-7-9-29-10-8-27)26-13-16-5-6-17(18(11-16)28-3)30-14-20(21,22)23/h5-6,11,15H,4,7-10,12-14H2,1-3H3,(H2,24,25,26). The summed E-state index contributed by atoms with van der Waals surface area (Å²) in [5, 5.41) is 6.54. The number of nitrogens with zero attached hydrogens (tertiary/aromatic N) is 2. The number of rotatable bonds is 9. The van der Waals surface area contributed by atoms with Crippen LogP contribution in [0.1, 0.15) is 19.4 Å². The summed E-state index contributed by atoms with van der Waals surface area (Å²) in [5.74, 6) is 0.965. The van der Waals surface area contributed by atoms with Crippen LogP contribution in [0.25, 0.3) is 0 Å². The Morgan fingerprint density at radius 2 is 1.97 bits per heavy atom. The number of nitrogens with one attached hydrogen (secondary N) is 2. The molecule has 2 rings (SSSR count). The molecular formula is C20H31F3N4O3. The van der Waals surface area contributed by atoms with E-state index in [0.29, 0.717) is 25.1 Å². The summed E-state index contributed by atoms with van der Waals surface area (Å²) >= 11 is 0. The molecule has 10 heteroatoms. The molecule has 1 heterocycles. The minimum atomic E-state index is -4.40. The molecule has 0 bridgehead atoms. The van der Waals surface area contributed by atoms with Gasteiger partial charge in [-0.25, -0.2) is 4.99 Å². The molecule has 0 amide bonds. The van der Waals surface area contributed by atoms with Gasteiger partial charge in [-0.2, -0.15) is 13.2 Å². The Bertz CT molecular complexity index is 680. The number of benzene rings is 1. The lowest BCUT2D eigenvalue weighted by Gasteiger charge is -2.32. The van der Waals surface area contributed by atoms with Gasteiger partial charge in [0.2, 0.25) is 0 Å². The molecule has 1 fully saturated rings. The van der Waals surface area contributed by atoms with E-state index >= 15 is 0 Å². The molecule has 0 saturated carbocycles. The van der Waals surface area contributed by atoms with Crippen LogP contribution in [0.3, 0.4) is 0 Å². The van der Waals surface area contributed by atoms with Crippen LogP contribution in [-0.2, 0) is 11.3 Å². The van der Waals surface area contributed by atoms with Crippen molar-refractivity contribution in [2.45, 2.75) is 32.6 Å². The van der Waals surface area contributed by atoms with Gasteiger partial charge in [0.25, 0.3) is 0 Å². The van der Waals surface area contributed by atoms with Crippen molar-refractivity contribution in [2.24, 2.45) is 4.99 Å². The molecule has 1 aromatic rings. The van der Waals surface area contributed by atoms with Crippen molar-refractivity contribution < 1.29 is 27.4 Å². The number of guanidine groups is 1. The highest BCUT2D eigenvalue weighted by Crippen LogP contribution is 2.30. The summed E-state index contributed by atoms with van der Waals surface area (Å²) in [6.45, 7) is 7.91. The van der Waals surface area contributed by atoms with E-state index in [1.165, 1.54) is 13.2 Å². The molecule has 30 heavy (non-hydrogen) atoms. The molecule has 1 aliphatic rings. The smallest absolute Gasteiger partial charge is 0.422 e. The Kier molecular flexibility index (Phi) is 9.51. The number of hydrogen-bond acceptors (Lipinski definition) is 5. The second-order valence-electron chi connectivity index (χ2n) is 6.96. The van der Waals surface area contributed by atoms with E-state index in [9.17, 15) is 13.2 Å². The number of aliphatic imine (C=N–C) groups is 1. The van der Waals surface area contributed by atoms with Crippen LogP contribution in [-0.4, -0.2) is 76.2 Å². The SMILES string of the molecule is CCNC(=NCc1ccc(OCC(F)(F)F)c(OC)c1)NCC(C)N1CCOCC1. The van der Waals surface area contributed by atoms with Crippen LogP contribution in [0.5, 0.6) is 11.5 Å². The lowest BCUT2D eigenvalue weighted by atomic mass is 10.2. The molecule has 1 unspecified atom stereocenters. The molecule has 1 aromatic carbocycles. The topological polar surface area (TPSA) is 67.4 Å². The summed E-state index contributed by atoms with van der Waals surface area (Å²) in [6.07, 6.45) is -4.40. The van der Waals surface area contributed by atoms with Crippen LogP contribution in [0.4, 0.5) is 13.2 Å². The number of alkyl halides is 3. The second kappa shape index (κ2) is 11.8. The third kappa shape index (κ3) is 8.27. The Hall–Kier alpha value is -2.20. The number of hydrogen-bond donors (Lipinski definition) is 2. The van der Waals surface area contributed by atoms with Crippen molar-refractivity contribution in [1.82, 2.24) is 15.5 Å². The highest BCUT2D eigenvalue weighted by Gasteiger charge is 2.29. The molecule has 1 saturated heterocycles. The molecular weight excluding hydrogens is 401 g/mol. The average Bonchev–Trinajstić information content (AvgIpc) is 2.74. The minimum absolute atomic E-state index is 0.0481. The lowest BCUT2D eigenvalue weighted by Crippen LogP contribution is -2.49. The molecule has 7 nitrogen and oxygen atoms in total. The van der Waals surface area contributed by atoms with Gasteiger partial charge in [-0.1, -0.05) is 6.07 Å². The van der Waals surface area contributed by atoms with Gasteiger partial charge >= 0.3 is 6.18 Å². The highest BCUT2D eigenvalue weighted by molar-refractivity contribution is 5.79. The second-order valence-corrected chi connectivity index (χ2v) is 6.96. The van der Waals surface area contributed by atoms with E-state index in [2.05, 4.69) is 27.4 Å². The molecule has 1 aliphatic heterocycles. The Morgan fingerprint density at radius 3 is 2.60 bits per heavy atom. The number of methoxy groups -OCH3 is 1. The van der Waals surface area contributed by atoms with Crippen LogP contribution in [0.2, 0.25) is 0 Å². The minimum Gasteiger partial charge on any atom is -0.493 e. The zero-order valence-electron chi connectivity index (χ0n) is 17.7. The van der Waals surface area contributed by atoms with E-state index in [4.69, 9.17) is 14.2 Å². The fourth-order valence-corrected chi connectivity index (χ4v) is 2.99. The van der Waals surface area contributed by atoms with E-state index < -0.39 is 12.8 Å². The zero-order valence-corrected chi connectivity index (χ0v) is 17.7. The summed E-state index contributed by atoms with van der Waals surface area (Å²) in [6, 6.07) is 5.12. The third-order valence-electron chi connectivity index (χ3n) is 4.62. The maximum Gasteiger partial charge on any atom is 0.422 e. The van der Waals surface area contributed by atoms with Gasteiger partial charge < -0.3 is 24.8 Å². The number of morpholine rings is 1. The predicted molar refractivity (Wildman–Crippen MR) is 109 cm³/mol. The lowest BCUT2D eigenvalue weighted by molar-refractivity contribution is -0.153. The van der Waals surface area contributed by atoms with Crippen molar-refractivity contribution in [2.75, 3.05) is 53.1 Å². The third-order valence-corrected chi connectivity index (χ3v) is 4.62. The van der Waals surface area contributed by atoms with E-state index in [1.807, 2.05) is 6.92 Å². The summed E-state index contributed by atoms with van der Waals surface area (Å²) in [5.41, 5.74) is 0.796. The maximum absolute atomic E-state index is 12.4. The first-order chi connectivity index (χ1) is 14.3. The van der Waals surface area contributed by atoms with Gasteiger partial charge in [-0.3, -0.25) is 4.90 Å². The van der Waals surface area contributed by atoms with E-state index in [0.717, 1.165) is 38.4 Å². The van der Waals surface area contributed by atoms with Gasteiger partial charge in [-0.15, -0.1) is 0 Å². The predicted octanol–water partition coefficient (Wildman–Crippen LogP) is 2.41. The zero-order chi connectivity index (χ0) is 22.0. The van der Waals surface area contributed by atoms with Crippen molar-refractivity contribution in [3.05, 3.63) is 23.8 Å². The average molecular weight is 432 g/mol. The Morgan fingerprint density at radius 1 is 1.23 bits per heavy atom. The maximum atomic E-state index is 12.4. The number of halogens is 3. The summed E-state index contributed by atoms with van der Waals surface area (Å²) in [4.78, 5) is 6.93. The van der Waals surface area contributed by atoms with Crippen molar-refractivity contribution in [1.29, 1.82) is 0 Å². The molecule has 2 N–H and O–H groups in total. The molecule has 0 spiro atoms. The molecule has 1 atom stereocenters. The quantitative estimate of drug-likeness (QED) is 0.462. The van der Waals surface area contributed by atoms with Crippen LogP contribution >= 0.6 is 0 Å². The van der Waals surface area contributed by atoms with Crippen LogP contribution < -0.4 is 20.1 Å². The summed E-state index contributed by atoms with van der Waals surface area (Å²) < 4.78 is 52.5. The van der Waals surface area contributed by atoms with E-state index in [1.54, 1.807) is 12.1 Å². The highest BCUT2D eigenvalue weighted by atomic mass is 19.4. The van der Waals surface area contributed by atoms with Crippen LogP contribution in [0, 0.1) is 0 Å². The fourth-order valence-electron chi connectivity index (χ4n) is 2.99. The van der Waals surface area contributed by atoms with E-state index in [-0.39, 0.29) is 11.5 Å². The van der Waals surface area contributed by atoms with Gasteiger partial charge in [-0.05, 0) is 31.5 Å². The monoisotopic (exact) mass is 432 g/mol. The Labute approximate surface area is 175 Å². The molecule has 170 valence electrons. The first kappa shape index (κ1) is 24.1. The van der Waals surface area contributed by atoms with Gasteiger partial charge in [0.05, 0.1) is 26.9 Å². The normalized spacial score (nSPS) is 16.8. The molecule has 0 radical (unpaired) electrons. The van der Waals surface area contributed by atoms with Crippen molar-refractivity contribution in [3.63, 3.8) is 0 Å². The van der Waals surface area contributed by atoms with Gasteiger partial charge in [0, 0.05) is 32.2 Å². The van der Waals surface area contributed by atoms with Gasteiger partial charge in [0.1, 0.15) is 0 Å². The van der Waals surface area contributed by atoms with Crippen molar-refractivity contribution >= 4 is 5.96 Å². The first-order valence-electron chi connectivity index (χ1n) is 10.0.